The quantitative estimate of drug-likeness (QED) is 0.813. The molecule has 106 valence electrons. The van der Waals surface area contributed by atoms with Gasteiger partial charge in [-0.25, -0.2) is 13.1 Å². The molecule has 1 aliphatic carbocycles. The van der Waals surface area contributed by atoms with Crippen molar-refractivity contribution in [2.45, 2.75) is 46.6 Å². The zero-order valence-corrected chi connectivity index (χ0v) is 12.7. The van der Waals surface area contributed by atoms with E-state index in [0.717, 1.165) is 25.9 Å². The lowest BCUT2D eigenvalue weighted by molar-refractivity contribution is 0.402. The maximum Gasteiger partial charge on any atom is 0.212 e. The van der Waals surface area contributed by atoms with E-state index in [1.54, 1.807) is 0 Å². The minimum absolute atomic E-state index is 0.0604. The van der Waals surface area contributed by atoms with Crippen LogP contribution in [0.15, 0.2) is 0 Å². The highest BCUT2D eigenvalue weighted by atomic mass is 32.2. The predicted octanol–water partition coefficient (Wildman–Crippen LogP) is 1.34. The van der Waals surface area contributed by atoms with Crippen molar-refractivity contribution < 1.29 is 8.42 Å². The van der Waals surface area contributed by atoms with Gasteiger partial charge in [-0.15, -0.1) is 0 Å². The molecular formula is C13H26N2O2S. The lowest BCUT2D eigenvalue weighted by atomic mass is 10.0. The molecule has 18 heavy (non-hydrogen) atoms. The first-order valence-electron chi connectivity index (χ1n) is 6.87. The van der Waals surface area contributed by atoms with Crippen molar-refractivity contribution in [2.75, 3.05) is 18.8 Å². The normalized spacial score (nSPS) is 31.2. The fraction of sp³-hybridized carbons (Fsp3) is 1.00. The van der Waals surface area contributed by atoms with Gasteiger partial charge in [0.2, 0.25) is 10.0 Å². The molecule has 2 fully saturated rings. The van der Waals surface area contributed by atoms with E-state index in [-0.39, 0.29) is 28.5 Å². The molecule has 5 heteroatoms. The number of hydrogen-bond donors (Lipinski definition) is 2. The fourth-order valence-corrected chi connectivity index (χ4v) is 5.04. The third kappa shape index (κ3) is 2.58. The molecule has 0 radical (unpaired) electrons. The van der Waals surface area contributed by atoms with Crippen molar-refractivity contribution >= 4 is 10.0 Å². The summed E-state index contributed by atoms with van der Waals surface area (Å²) in [5.41, 5.74) is 0.121. The van der Waals surface area contributed by atoms with Gasteiger partial charge in [-0.05, 0) is 42.7 Å². The maximum atomic E-state index is 12.2. The fourth-order valence-electron chi connectivity index (χ4n) is 3.10. The molecule has 1 saturated carbocycles. The Hall–Kier alpha value is -0.130. The zero-order chi connectivity index (χ0) is 13.6. The first-order valence-corrected chi connectivity index (χ1v) is 8.53. The van der Waals surface area contributed by atoms with Crippen molar-refractivity contribution in [3.63, 3.8) is 0 Å². The van der Waals surface area contributed by atoms with Crippen LogP contribution >= 0.6 is 0 Å². The molecule has 0 bridgehead atoms. The molecule has 1 heterocycles. The Balaban J connectivity index is 1.92. The van der Waals surface area contributed by atoms with Gasteiger partial charge in [0.25, 0.3) is 0 Å². The molecule has 0 aromatic heterocycles. The summed E-state index contributed by atoms with van der Waals surface area (Å²) >= 11 is 0. The second-order valence-electron chi connectivity index (χ2n) is 6.99. The van der Waals surface area contributed by atoms with E-state index in [1.165, 1.54) is 0 Å². The Morgan fingerprint density at radius 2 is 1.83 bits per heavy atom. The van der Waals surface area contributed by atoms with E-state index < -0.39 is 10.0 Å². The average Bonchev–Trinajstić information content (AvgIpc) is 2.61. The highest BCUT2D eigenvalue weighted by molar-refractivity contribution is 7.89. The van der Waals surface area contributed by atoms with Crippen LogP contribution in [0.25, 0.3) is 0 Å². The summed E-state index contributed by atoms with van der Waals surface area (Å²) in [7, 11) is -3.15. The van der Waals surface area contributed by atoms with Gasteiger partial charge >= 0.3 is 0 Å². The molecule has 1 saturated heterocycles. The minimum atomic E-state index is -3.15. The smallest absolute Gasteiger partial charge is 0.212 e. The van der Waals surface area contributed by atoms with Crippen LogP contribution in [0.2, 0.25) is 0 Å². The molecule has 2 aliphatic rings. The van der Waals surface area contributed by atoms with Crippen molar-refractivity contribution in [3.8, 4) is 0 Å². The first-order chi connectivity index (χ1) is 8.17. The Morgan fingerprint density at radius 3 is 2.28 bits per heavy atom. The molecule has 0 amide bonds. The summed E-state index contributed by atoms with van der Waals surface area (Å²) in [5, 5.41) is 3.27. The van der Waals surface area contributed by atoms with Crippen LogP contribution in [-0.2, 0) is 10.0 Å². The van der Waals surface area contributed by atoms with Crippen LogP contribution in [0, 0.1) is 16.7 Å². The summed E-state index contributed by atoms with van der Waals surface area (Å²) in [5.74, 6) is 0.532. The predicted molar refractivity (Wildman–Crippen MR) is 73.9 cm³/mol. The van der Waals surface area contributed by atoms with Crippen LogP contribution < -0.4 is 10.0 Å². The van der Waals surface area contributed by atoms with E-state index in [1.807, 2.05) is 0 Å². The second kappa shape index (κ2) is 4.46. The Morgan fingerprint density at radius 1 is 1.22 bits per heavy atom. The molecule has 1 atom stereocenters. The standard InChI is InChI=1S/C13H26N2O2S/c1-12(2)11(13(12,3)4)15-18(16,17)9-10-6-5-7-14-8-10/h10-11,14-15H,5-9H2,1-4H3. The molecular weight excluding hydrogens is 248 g/mol. The number of sulfonamides is 1. The van der Waals surface area contributed by atoms with Gasteiger partial charge in [0.15, 0.2) is 0 Å². The van der Waals surface area contributed by atoms with E-state index >= 15 is 0 Å². The summed E-state index contributed by atoms with van der Waals surface area (Å²) in [6.07, 6.45) is 2.10. The van der Waals surface area contributed by atoms with Crippen LogP contribution in [0.4, 0.5) is 0 Å². The van der Waals surface area contributed by atoms with Crippen molar-refractivity contribution in [1.82, 2.24) is 10.0 Å². The number of hydrogen-bond acceptors (Lipinski definition) is 3. The number of piperidine rings is 1. The van der Waals surface area contributed by atoms with E-state index in [9.17, 15) is 8.42 Å². The van der Waals surface area contributed by atoms with Crippen LogP contribution in [0.5, 0.6) is 0 Å². The van der Waals surface area contributed by atoms with Gasteiger partial charge in [0.1, 0.15) is 0 Å². The second-order valence-corrected chi connectivity index (χ2v) is 8.79. The van der Waals surface area contributed by atoms with E-state index in [4.69, 9.17) is 0 Å². The monoisotopic (exact) mass is 274 g/mol. The van der Waals surface area contributed by atoms with Crippen LogP contribution in [0.1, 0.15) is 40.5 Å². The number of nitrogens with one attached hydrogen (secondary N) is 2. The summed E-state index contributed by atoms with van der Waals surface area (Å²) in [6.45, 7) is 10.4. The van der Waals surface area contributed by atoms with Crippen molar-refractivity contribution in [2.24, 2.45) is 16.7 Å². The maximum absolute atomic E-state index is 12.2. The van der Waals surface area contributed by atoms with E-state index in [2.05, 4.69) is 37.7 Å². The van der Waals surface area contributed by atoms with Gasteiger partial charge in [-0.2, -0.15) is 0 Å². The summed E-state index contributed by atoms with van der Waals surface area (Å²) in [4.78, 5) is 0. The largest absolute Gasteiger partial charge is 0.316 e. The first kappa shape index (κ1) is 14.3. The van der Waals surface area contributed by atoms with Gasteiger partial charge in [-0.3, -0.25) is 0 Å². The third-order valence-corrected chi connectivity index (χ3v) is 6.68. The van der Waals surface area contributed by atoms with E-state index in [0.29, 0.717) is 0 Å². The lowest BCUT2D eigenvalue weighted by Crippen LogP contribution is -2.39. The van der Waals surface area contributed by atoms with Crippen LogP contribution in [0.3, 0.4) is 0 Å². The Kier molecular flexibility index (Phi) is 3.54. The van der Waals surface area contributed by atoms with Gasteiger partial charge < -0.3 is 5.32 Å². The average molecular weight is 274 g/mol. The minimum Gasteiger partial charge on any atom is -0.316 e. The van der Waals surface area contributed by atoms with Crippen LogP contribution in [-0.4, -0.2) is 33.3 Å². The van der Waals surface area contributed by atoms with Crippen molar-refractivity contribution in [1.29, 1.82) is 0 Å². The molecule has 2 rings (SSSR count). The van der Waals surface area contributed by atoms with Crippen molar-refractivity contribution in [3.05, 3.63) is 0 Å². The zero-order valence-electron chi connectivity index (χ0n) is 11.9. The Bertz CT molecular complexity index is 395. The molecule has 2 N–H and O–H groups in total. The number of rotatable bonds is 4. The molecule has 0 aromatic rings. The topological polar surface area (TPSA) is 58.2 Å². The summed E-state index contributed by atoms with van der Waals surface area (Å²) in [6, 6.07) is 0.0755. The van der Waals surface area contributed by atoms with Gasteiger partial charge in [0, 0.05) is 6.04 Å². The van der Waals surface area contributed by atoms with Gasteiger partial charge in [-0.1, -0.05) is 27.7 Å². The molecule has 1 unspecified atom stereocenters. The molecule has 4 nitrogen and oxygen atoms in total. The molecule has 0 aromatic carbocycles. The Labute approximate surface area is 111 Å². The van der Waals surface area contributed by atoms with Gasteiger partial charge in [0.05, 0.1) is 5.75 Å². The molecule has 1 aliphatic heterocycles. The molecule has 0 spiro atoms. The SMILES string of the molecule is CC1(C)C(NS(=O)(=O)CC2CCCNC2)C1(C)C. The highest BCUT2D eigenvalue weighted by Crippen LogP contribution is 2.62. The summed E-state index contributed by atoms with van der Waals surface area (Å²) < 4.78 is 27.3. The lowest BCUT2D eigenvalue weighted by Gasteiger charge is -2.22. The highest BCUT2D eigenvalue weighted by Gasteiger charge is 2.65. The third-order valence-electron chi connectivity index (χ3n) is 5.17.